The number of Topliss-reactive ketones (excluding diaryl/α,β-unsaturated/α-hetero) is 2. The summed E-state index contributed by atoms with van der Waals surface area (Å²) < 4.78 is 0. The molecule has 0 spiro atoms. The second-order valence-electron chi connectivity index (χ2n) is 5.48. The molecule has 0 fully saturated rings. The quantitative estimate of drug-likeness (QED) is 0.285. The molecule has 0 unspecified atom stereocenters. The lowest BCUT2D eigenvalue weighted by molar-refractivity contribution is -0.385. The Morgan fingerprint density at radius 3 is 1.03 bits per heavy atom. The molecule has 200 valence electrons. The summed E-state index contributed by atoms with van der Waals surface area (Å²) in [6, 6.07) is 11.8. The zero-order valence-corrected chi connectivity index (χ0v) is 21.5. The smallest absolute Gasteiger partial charge is 0.280 e. The molecular formula is C25H44N4O6. The zero-order valence-electron chi connectivity index (χ0n) is 21.5. The van der Waals surface area contributed by atoms with Gasteiger partial charge in [0.25, 0.3) is 11.4 Å². The van der Waals surface area contributed by atoms with E-state index in [1.807, 2.05) is 41.5 Å². The predicted octanol–water partition coefficient (Wildman–Crippen LogP) is 6.21. The number of nitro groups is 2. The van der Waals surface area contributed by atoms with Gasteiger partial charge in [-0.3, -0.25) is 29.8 Å². The van der Waals surface area contributed by atoms with Crippen LogP contribution in [-0.4, -0.2) is 34.5 Å². The first-order valence-electron chi connectivity index (χ1n) is 11.0. The fourth-order valence-corrected chi connectivity index (χ4v) is 1.86. The number of benzene rings is 2. The van der Waals surface area contributed by atoms with E-state index in [0.29, 0.717) is 0 Å². The number of hydrogen-bond acceptors (Lipinski definition) is 8. The summed E-state index contributed by atoms with van der Waals surface area (Å²) in [7, 11) is 0. The van der Waals surface area contributed by atoms with Crippen molar-refractivity contribution in [2.75, 3.05) is 13.1 Å². The number of ketones is 2. The third-order valence-electron chi connectivity index (χ3n) is 2.96. The van der Waals surface area contributed by atoms with Crippen molar-refractivity contribution in [3.05, 3.63) is 79.9 Å². The third-order valence-corrected chi connectivity index (χ3v) is 2.96. The van der Waals surface area contributed by atoms with E-state index in [2.05, 4.69) is 0 Å². The van der Waals surface area contributed by atoms with Gasteiger partial charge in [-0.25, -0.2) is 0 Å². The Kier molecular flexibility index (Phi) is 34.0. The molecule has 2 rings (SSSR count). The van der Waals surface area contributed by atoms with Crippen LogP contribution in [0, 0.1) is 20.2 Å². The lowest BCUT2D eigenvalue weighted by Gasteiger charge is -1.95. The number of carbonyl (C=O) groups excluding carboxylic acids is 2. The first kappa shape index (κ1) is 41.7. The lowest BCUT2D eigenvalue weighted by atomic mass is 10.1. The summed E-state index contributed by atoms with van der Waals surface area (Å²) in [6.45, 7) is 15.9. The van der Waals surface area contributed by atoms with E-state index in [4.69, 9.17) is 11.5 Å². The third kappa shape index (κ3) is 20.8. The molecule has 2 aromatic rings. The van der Waals surface area contributed by atoms with Crippen LogP contribution in [0.2, 0.25) is 0 Å². The Morgan fingerprint density at radius 2 is 0.886 bits per heavy atom. The van der Waals surface area contributed by atoms with E-state index in [1.54, 1.807) is 12.1 Å². The van der Waals surface area contributed by atoms with E-state index >= 15 is 0 Å². The van der Waals surface area contributed by atoms with Crippen LogP contribution in [0.3, 0.4) is 0 Å². The normalized spacial score (nSPS) is 7.83. The van der Waals surface area contributed by atoms with Crippen molar-refractivity contribution in [2.24, 2.45) is 11.5 Å². The largest absolute Gasteiger partial charge is 0.331 e. The summed E-state index contributed by atoms with van der Waals surface area (Å²) in [5.41, 5.74) is 9.74. The molecule has 0 atom stereocenters. The highest BCUT2D eigenvalue weighted by atomic mass is 16.6. The van der Waals surface area contributed by atoms with Crippen molar-refractivity contribution in [1.29, 1.82) is 0 Å². The van der Waals surface area contributed by atoms with Crippen LogP contribution in [0.4, 0.5) is 11.4 Å². The van der Waals surface area contributed by atoms with Crippen molar-refractivity contribution < 1.29 is 19.4 Å². The van der Waals surface area contributed by atoms with Gasteiger partial charge in [0.05, 0.1) is 21.0 Å². The minimum absolute atomic E-state index is 0. The molecule has 0 radical (unpaired) electrons. The molecule has 0 bridgehead atoms. The van der Waals surface area contributed by atoms with Gasteiger partial charge in [-0.05, 0) is 39.1 Å². The second kappa shape index (κ2) is 28.5. The van der Waals surface area contributed by atoms with Crippen molar-refractivity contribution in [3.63, 3.8) is 0 Å². The summed E-state index contributed by atoms with van der Waals surface area (Å²) in [5, 5.41) is 20.8. The van der Waals surface area contributed by atoms with Crippen LogP contribution in [0.1, 0.15) is 83.5 Å². The highest BCUT2D eigenvalue weighted by Crippen LogP contribution is 2.18. The Hall–Kier alpha value is -3.50. The summed E-state index contributed by atoms with van der Waals surface area (Å²) >= 11 is 0. The van der Waals surface area contributed by atoms with E-state index in [9.17, 15) is 29.8 Å². The van der Waals surface area contributed by atoms with Gasteiger partial charge in [0.2, 0.25) is 0 Å². The van der Waals surface area contributed by atoms with Gasteiger partial charge in [-0.2, -0.15) is 0 Å². The van der Waals surface area contributed by atoms with Gasteiger partial charge < -0.3 is 11.5 Å². The van der Waals surface area contributed by atoms with Crippen LogP contribution in [0.25, 0.3) is 0 Å². The van der Waals surface area contributed by atoms with E-state index in [-0.39, 0.29) is 41.5 Å². The summed E-state index contributed by atoms with van der Waals surface area (Å²) in [4.78, 5) is 41.4. The fraction of sp³-hybridized carbons (Fsp3) is 0.440. The molecule has 0 saturated heterocycles. The molecular weight excluding hydrogens is 452 g/mol. The standard InChI is InChI=1S/2C8H7NO3.2C2H7N.2C2H6.CH4/c2*1-6(10)7-4-2-3-5-8(7)9(11)12;2*1-2-3;2*1-2;/h2*2-5H,1H3;2*2-3H2,1H3;2*1-2H3;1H4. The number of para-hydroxylation sites is 2. The predicted molar refractivity (Wildman–Crippen MR) is 145 cm³/mol. The molecule has 0 amide bonds. The van der Waals surface area contributed by atoms with Crippen LogP contribution in [-0.2, 0) is 0 Å². The van der Waals surface area contributed by atoms with Gasteiger partial charge in [0.15, 0.2) is 11.6 Å². The van der Waals surface area contributed by atoms with Gasteiger partial charge in [0.1, 0.15) is 0 Å². The SMILES string of the molecule is C.CC.CC.CC(=O)c1ccccc1[N+](=O)[O-].CC(=O)c1ccccc1[N+](=O)[O-].CCN.CCN. The van der Waals surface area contributed by atoms with Crippen molar-refractivity contribution in [2.45, 2.75) is 62.8 Å². The first-order chi connectivity index (χ1) is 16.1. The highest BCUT2D eigenvalue weighted by molar-refractivity contribution is 5.98. The Balaban J connectivity index is -0.000000123. The Bertz CT molecular complexity index is 707. The Morgan fingerprint density at radius 1 is 0.686 bits per heavy atom. The van der Waals surface area contributed by atoms with Gasteiger partial charge >= 0.3 is 0 Å². The molecule has 0 aliphatic carbocycles. The molecule has 10 nitrogen and oxygen atoms in total. The molecule has 2 aromatic carbocycles. The van der Waals surface area contributed by atoms with Crippen LogP contribution < -0.4 is 11.5 Å². The second-order valence-corrected chi connectivity index (χ2v) is 5.48. The van der Waals surface area contributed by atoms with E-state index in [1.165, 1.54) is 50.2 Å². The molecule has 0 heterocycles. The van der Waals surface area contributed by atoms with Gasteiger partial charge in [-0.1, -0.05) is 73.2 Å². The topological polar surface area (TPSA) is 172 Å². The summed E-state index contributed by atoms with van der Waals surface area (Å²) in [5.74, 6) is -0.579. The molecule has 35 heavy (non-hydrogen) atoms. The monoisotopic (exact) mass is 496 g/mol. The molecule has 0 aliphatic rings. The molecule has 10 heteroatoms. The molecule has 0 aliphatic heterocycles. The van der Waals surface area contributed by atoms with Crippen LogP contribution >= 0.6 is 0 Å². The van der Waals surface area contributed by atoms with Crippen molar-refractivity contribution in [1.82, 2.24) is 0 Å². The minimum Gasteiger partial charge on any atom is -0.331 e. The maximum Gasteiger partial charge on any atom is 0.280 e. The van der Waals surface area contributed by atoms with Crippen LogP contribution in [0.5, 0.6) is 0 Å². The molecule has 0 saturated carbocycles. The maximum atomic E-state index is 10.9. The first-order valence-corrected chi connectivity index (χ1v) is 11.0. The van der Waals surface area contributed by atoms with Crippen molar-refractivity contribution >= 4 is 22.9 Å². The number of rotatable bonds is 4. The molecule has 4 N–H and O–H groups in total. The minimum atomic E-state index is -0.559. The zero-order chi connectivity index (χ0) is 27.7. The number of nitrogens with zero attached hydrogens (tertiary/aromatic N) is 2. The van der Waals surface area contributed by atoms with E-state index in [0.717, 1.165) is 13.1 Å². The Labute approximate surface area is 210 Å². The average Bonchev–Trinajstić information content (AvgIpc) is 2.83. The number of carbonyl (C=O) groups is 2. The van der Waals surface area contributed by atoms with Crippen molar-refractivity contribution in [3.8, 4) is 0 Å². The molecule has 0 aromatic heterocycles. The maximum absolute atomic E-state index is 10.9. The fourth-order valence-electron chi connectivity index (χ4n) is 1.86. The highest BCUT2D eigenvalue weighted by Gasteiger charge is 2.15. The number of hydrogen-bond donors (Lipinski definition) is 2. The van der Waals surface area contributed by atoms with Gasteiger partial charge in [0, 0.05) is 12.1 Å². The van der Waals surface area contributed by atoms with E-state index < -0.39 is 9.85 Å². The number of nitrogens with two attached hydrogens (primary N) is 2. The summed E-state index contributed by atoms with van der Waals surface area (Å²) in [6.07, 6.45) is 0. The average molecular weight is 497 g/mol. The number of nitro benzene ring substituents is 2. The lowest BCUT2D eigenvalue weighted by Crippen LogP contribution is -1.98. The van der Waals surface area contributed by atoms with Gasteiger partial charge in [-0.15, -0.1) is 0 Å². The van der Waals surface area contributed by atoms with Crippen LogP contribution in [0.15, 0.2) is 48.5 Å².